The van der Waals surface area contributed by atoms with Gasteiger partial charge in [0, 0.05) is 17.0 Å². The number of aliphatic carboxylic acids is 1. The van der Waals surface area contributed by atoms with E-state index in [0.29, 0.717) is 5.75 Å². The Bertz CT molecular complexity index is 435. The van der Waals surface area contributed by atoms with Crippen LogP contribution in [0.5, 0.6) is 11.5 Å². The summed E-state index contributed by atoms with van der Waals surface area (Å²) in [6, 6.07) is 5.07. The highest BCUT2D eigenvalue weighted by atomic mass is 16.5. The zero-order valence-corrected chi connectivity index (χ0v) is 9.77. The van der Waals surface area contributed by atoms with E-state index in [2.05, 4.69) is 0 Å². The summed E-state index contributed by atoms with van der Waals surface area (Å²) in [5.74, 6) is -0.110. The number of hydrogen-bond donors (Lipinski definition) is 2. The molecule has 1 aliphatic rings. The quantitative estimate of drug-likeness (QED) is 0.841. The second-order valence-corrected chi connectivity index (χ2v) is 4.59. The third-order valence-electron chi connectivity index (χ3n) is 3.58. The number of methoxy groups -OCH3 is 1. The molecule has 0 spiro atoms. The van der Waals surface area contributed by atoms with Crippen LogP contribution in [-0.2, 0) is 10.2 Å². The topological polar surface area (TPSA) is 66.8 Å². The summed E-state index contributed by atoms with van der Waals surface area (Å²) in [4.78, 5) is 10.9. The molecule has 1 aromatic rings. The highest BCUT2D eigenvalue weighted by Gasteiger charge is 2.42. The first-order chi connectivity index (χ1) is 8.07. The lowest BCUT2D eigenvalue weighted by Crippen LogP contribution is -2.36. The van der Waals surface area contributed by atoms with Gasteiger partial charge in [-0.3, -0.25) is 4.79 Å². The van der Waals surface area contributed by atoms with E-state index in [1.54, 1.807) is 12.1 Å². The Morgan fingerprint density at radius 1 is 1.47 bits per heavy atom. The van der Waals surface area contributed by atoms with Gasteiger partial charge in [0.15, 0.2) is 0 Å². The molecule has 0 radical (unpaired) electrons. The summed E-state index contributed by atoms with van der Waals surface area (Å²) in [5.41, 5.74) is 0.342. The van der Waals surface area contributed by atoms with Gasteiger partial charge in [0.1, 0.15) is 11.5 Å². The fourth-order valence-corrected chi connectivity index (χ4v) is 2.52. The van der Waals surface area contributed by atoms with Crippen molar-refractivity contribution in [1.29, 1.82) is 0 Å². The van der Waals surface area contributed by atoms with Gasteiger partial charge in [-0.1, -0.05) is 12.5 Å². The van der Waals surface area contributed by atoms with E-state index in [9.17, 15) is 9.90 Å². The van der Waals surface area contributed by atoms with E-state index in [1.165, 1.54) is 13.2 Å². The van der Waals surface area contributed by atoms with Crippen molar-refractivity contribution in [3.8, 4) is 11.5 Å². The Morgan fingerprint density at radius 2 is 2.18 bits per heavy atom. The maximum absolute atomic E-state index is 10.9. The fourth-order valence-electron chi connectivity index (χ4n) is 2.52. The van der Waals surface area contributed by atoms with Crippen molar-refractivity contribution in [3.05, 3.63) is 23.8 Å². The maximum atomic E-state index is 10.9. The number of hydrogen-bond acceptors (Lipinski definition) is 3. The average Bonchev–Trinajstić information content (AvgIpc) is 2.23. The standard InChI is InChI=1S/C13H16O4/c1-17-9-3-4-10(11(14)7-9)13(5-2-6-13)8-12(15)16/h3-4,7,14H,2,5-6,8H2,1H3,(H,15,16). The fraction of sp³-hybridized carbons (Fsp3) is 0.462. The average molecular weight is 236 g/mol. The third kappa shape index (κ3) is 2.07. The predicted octanol–water partition coefficient (Wildman–Crippen LogP) is 2.30. The Hall–Kier alpha value is -1.71. The minimum atomic E-state index is -0.820. The smallest absolute Gasteiger partial charge is 0.304 e. The Morgan fingerprint density at radius 3 is 2.59 bits per heavy atom. The molecule has 1 aliphatic carbocycles. The van der Waals surface area contributed by atoms with Crippen LogP contribution in [0.25, 0.3) is 0 Å². The molecule has 0 unspecified atom stereocenters. The van der Waals surface area contributed by atoms with Crippen molar-refractivity contribution in [2.24, 2.45) is 0 Å². The van der Waals surface area contributed by atoms with E-state index >= 15 is 0 Å². The number of carboxylic acid groups (broad SMARTS) is 1. The van der Waals surface area contributed by atoms with Gasteiger partial charge in [0.25, 0.3) is 0 Å². The number of phenols is 1. The van der Waals surface area contributed by atoms with Crippen molar-refractivity contribution in [3.63, 3.8) is 0 Å². The first-order valence-corrected chi connectivity index (χ1v) is 5.67. The molecule has 17 heavy (non-hydrogen) atoms. The van der Waals surface area contributed by atoms with Gasteiger partial charge in [-0.05, 0) is 18.9 Å². The van der Waals surface area contributed by atoms with Crippen LogP contribution < -0.4 is 4.74 Å². The van der Waals surface area contributed by atoms with Crippen molar-refractivity contribution in [1.82, 2.24) is 0 Å². The second kappa shape index (κ2) is 4.28. The van der Waals surface area contributed by atoms with Gasteiger partial charge in [-0.2, -0.15) is 0 Å². The zero-order valence-electron chi connectivity index (χ0n) is 9.77. The molecule has 0 aliphatic heterocycles. The van der Waals surface area contributed by atoms with Gasteiger partial charge in [-0.15, -0.1) is 0 Å². The lowest BCUT2D eigenvalue weighted by Gasteiger charge is -2.41. The van der Waals surface area contributed by atoms with E-state index in [4.69, 9.17) is 9.84 Å². The molecule has 0 atom stereocenters. The van der Waals surface area contributed by atoms with Gasteiger partial charge in [0.05, 0.1) is 13.5 Å². The Kier molecular flexibility index (Phi) is 2.96. The van der Waals surface area contributed by atoms with E-state index < -0.39 is 5.97 Å². The Balaban J connectivity index is 2.34. The molecule has 0 heterocycles. The maximum Gasteiger partial charge on any atom is 0.304 e. The molecule has 4 heteroatoms. The van der Waals surface area contributed by atoms with Crippen molar-refractivity contribution < 1.29 is 19.7 Å². The summed E-state index contributed by atoms with van der Waals surface area (Å²) in [6.07, 6.45) is 2.73. The number of benzene rings is 1. The first kappa shape index (κ1) is 11.8. The third-order valence-corrected chi connectivity index (χ3v) is 3.58. The van der Waals surface area contributed by atoms with Crippen LogP contribution in [0.3, 0.4) is 0 Å². The number of ether oxygens (including phenoxy) is 1. The first-order valence-electron chi connectivity index (χ1n) is 5.67. The van der Waals surface area contributed by atoms with Gasteiger partial charge >= 0.3 is 5.97 Å². The van der Waals surface area contributed by atoms with Crippen LogP contribution in [0.2, 0.25) is 0 Å². The molecule has 0 bridgehead atoms. The van der Waals surface area contributed by atoms with Crippen LogP contribution in [0.4, 0.5) is 0 Å². The molecule has 4 nitrogen and oxygen atoms in total. The monoisotopic (exact) mass is 236 g/mol. The highest BCUT2D eigenvalue weighted by molar-refractivity contribution is 5.70. The number of carboxylic acids is 1. The highest BCUT2D eigenvalue weighted by Crippen LogP contribution is 2.49. The number of carbonyl (C=O) groups is 1. The largest absolute Gasteiger partial charge is 0.508 e. The predicted molar refractivity (Wildman–Crippen MR) is 62.4 cm³/mol. The number of rotatable bonds is 4. The normalized spacial score (nSPS) is 17.2. The van der Waals surface area contributed by atoms with E-state index in [1.807, 2.05) is 0 Å². The lowest BCUT2D eigenvalue weighted by atomic mass is 9.62. The molecule has 0 aromatic heterocycles. The molecule has 2 N–H and O–H groups in total. The van der Waals surface area contributed by atoms with Gasteiger partial charge in [0.2, 0.25) is 0 Å². The summed E-state index contributed by atoms with van der Waals surface area (Å²) >= 11 is 0. The van der Waals surface area contributed by atoms with E-state index in [-0.39, 0.29) is 17.6 Å². The molecule has 0 amide bonds. The molecule has 1 fully saturated rings. The van der Waals surface area contributed by atoms with Crippen LogP contribution in [0, 0.1) is 0 Å². The van der Waals surface area contributed by atoms with Crippen LogP contribution in [0.15, 0.2) is 18.2 Å². The zero-order chi connectivity index (χ0) is 12.5. The lowest BCUT2D eigenvalue weighted by molar-refractivity contribution is -0.139. The number of phenolic OH excluding ortho intramolecular Hbond substituents is 1. The summed E-state index contributed by atoms with van der Waals surface area (Å²) < 4.78 is 5.02. The van der Waals surface area contributed by atoms with Crippen LogP contribution in [0.1, 0.15) is 31.2 Å². The molecular weight excluding hydrogens is 220 g/mol. The molecule has 1 aromatic carbocycles. The SMILES string of the molecule is COc1ccc(C2(CC(=O)O)CCC2)c(O)c1. The Labute approximate surface area is 99.8 Å². The molecule has 1 saturated carbocycles. The van der Waals surface area contributed by atoms with Crippen molar-refractivity contribution >= 4 is 5.97 Å². The van der Waals surface area contributed by atoms with E-state index in [0.717, 1.165) is 24.8 Å². The summed E-state index contributed by atoms with van der Waals surface area (Å²) in [7, 11) is 1.53. The molecular formula is C13H16O4. The molecule has 2 rings (SSSR count). The second-order valence-electron chi connectivity index (χ2n) is 4.59. The molecule has 0 saturated heterocycles. The minimum absolute atomic E-state index is 0.0763. The number of aromatic hydroxyl groups is 1. The van der Waals surface area contributed by atoms with Crippen LogP contribution >= 0.6 is 0 Å². The summed E-state index contributed by atoms with van der Waals surface area (Å²) in [5, 5.41) is 18.9. The van der Waals surface area contributed by atoms with Gasteiger partial charge < -0.3 is 14.9 Å². The van der Waals surface area contributed by atoms with Crippen molar-refractivity contribution in [2.45, 2.75) is 31.1 Å². The minimum Gasteiger partial charge on any atom is -0.508 e. The van der Waals surface area contributed by atoms with Crippen LogP contribution in [-0.4, -0.2) is 23.3 Å². The van der Waals surface area contributed by atoms with Crippen molar-refractivity contribution in [2.75, 3.05) is 7.11 Å². The molecule has 92 valence electrons. The van der Waals surface area contributed by atoms with Gasteiger partial charge in [-0.25, -0.2) is 0 Å². The summed E-state index contributed by atoms with van der Waals surface area (Å²) in [6.45, 7) is 0.